The lowest BCUT2D eigenvalue weighted by Gasteiger charge is -2.19. The van der Waals surface area contributed by atoms with E-state index in [0.29, 0.717) is 13.1 Å². The Labute approximate surface area is 175 Å². The molecule has 3 rings (SSSR count). The van der Waals surface area contributed by atoms with E-state index in [1.165, 1.54) is 0 Å². The van der Waals surface area contributed by atoms with E-state index in [0.717, 1.165) is 61.1 Å². The standard InChI is InChI=1S/C22H28F3N5/c1-3-26-21(27-13-19-6-4-5-16(2)28-19)29-20-11-12-30(15-20)14-17-7-9-18(10-8-17)22(23,24)25/h4-10,20H,3,11-15H2,1-2H3,(H2,26,27,29). The number of pyridine rings is 1. The second-order valence-electron chi connectivity index (χ2n) is 7.53. The number of aryl methyl sites for hydroxylation is 1. The minimum atomic E-state index is -4.29. The Morgan fingerprint density at radius 1 is 1.20 bits per heavy atom. The summed E-state index contributed by atoms with van der Waals surface area (Å²) < 4.78 is 38.1. The lowest BCUT2D eigenvalue weighted by Crippen LogP contribution is -2.44. The molecule has 1 aliphatic rings. The minimum Gasteiger partial charge on any atom is -0.357 e. The van der Waals surface area contributed by atoms with E-state index in [-0.39, 0.29) is 6.04 Å². The smallest absolute Gasteiger partial charge is 0.357 e. The first-order valence-electron chi connectivity index (χ1n) is 10.2. The molecule has 1 atom stereocenters. The van der Waals surface area contributed by atoms with Crippen LogP contribution in [0.1, 0.15) is 35.9 Å². The fourth-order valence-electron chi connectivity index (χ4n) is 3.51. The highest BCUT2D eigenvalue weighted by Gasteiger charge is 2.30. The zero-order valence-corrected chi connectivity index (χ0v) is 17.3. The van der Waals surface area contributed by atoms with Crippen LogP contribution in [0.3, 0.4) is 0 Å². The van der Waals surface area contributed by atoms with E-state index in [4.69, 9.17) is 0 Å². The lowest BCUT2D eigenvalue weighted by atomic mass is 10.1. The van der Waals surface area contributed by atoms with Crippen molar-refractivity contribution in [2.45, 2.75) is 45.6 Å². The van der Waals surface area contributed by atoms with Crippen molar-refractivity contribution in [2.24, 2.45) is 4.99 Å². The normalized spacial score (nSPS) is 17.9. The number of guanidine groups is 1. The molecule has 0 bridgehead atoms. The number of aliphatic imine (C=N–C) groups is 1. The maximum Gasteiger partial charge on any atom is 0.416 e. The van der Waals surface area contributed by atoms with Crippen molar-refractivity contribution in [1.29, 1.82) is 0 Å². The van der Waals surface area contributed by atoms with Crippen LogP contribution >= 0.6 is 0 Å². The van der Waals surface area contributed by atoms with Gasteiger partial charge in [0.25, 0.3) is 0 Å². The molecule has 0 amide bonds. The lowest BCUT2D eigenvalue weighted by molar-refractivity contribution is -0.137. The molecule has 30 heavy (non-hydrogen) atoms. The zero-order valence-electron chi connectivity index (χ0n) is 17.3. The van der Waals surface area contributed by atoms with Gasteiger partial charge in [-0.2, -0.15) is 13.2 Å². The fraction of sp³-hybridized carbons (Fsp3) is 0.455. The Morgan fingerprint density at radius 2 is 1.97 bits per heavy atom. The van der Waals surface area contributed by atoms with E-state index in [1.54, 1.807) is 12.1 Å². The number of rotatable bonds is 6. The quantitative estimate of drug-likeness (QED) is 0.553. The molecule has 0 aliphatic carbocycles. The second-order valence-corrected chi connectivity index (χ2v) is 7.53. The monoisotopic (exact) mass is 419 g/mol. The van der Waals surface area contributed by atoms with Gasteiger partial charge in [-0.25, -0.2) is 4.99 Å². The summed E-state index contributed by atoms with van der Waals surface area (Å²) in [6.07, 6.45) is -3.34. The van der Waals surface area contributed by atoms with Crippen molar-refractivity contribution in [3.63, 3.8) is 0 Å². The second kappa shape index (κ2) is 9.93. The highest BCUT2D eigenvalue weighted by atomic mass is 19.4. The van der Waals surface area contributed by atoms with E-state index < -0.39 is 11.7 Å². The number of halogens is 3. The number of hydrogen-bond donors (Lipinski definition) is 2. The molecule has 2 N–H and O–H groups in total. The van der Waals surface area contributed by atoms with Crippen molar-refractivity contribution in [3.8, 4) is 0 Å². The summed E-state index contributed by atoms with van der Waals surface area (Å²) in [6.45, 7) is 7.57. The summed E-state index contributed by atoms with van der Waals surface area (Å²) in [4.78, 5) is 11.4. The number of hydrogen-bond acceptors (Lipinski definition) is 3. The first kappa shape index (κ1) is 22.1. The Bertz CT molecular complexity index is 849. The van der Waals surface area contributed by atoms with Crippen molar-refractivity contribution >= 4 is 5.96 Å². The summed E-state index contributed by atoms with van der Waals surface area (Å²) in [5.74, 6) is 0.752. The van der Waals surface area contributed by atoms with Gasteiger partial charge in [0.15, 0.2) is 5.96 Å². The fourth-order valence-corrected chi connectivity index (χ4v) is 3.51. The first-order chi connectivity index (χ1) is 14.3. The molecule has 1 unspecified atom stereocenters. The van der Waals surface area contributed by atoms with Gasteiger partial charge in [-0.15, -0.1) is 0 Å². The summed E-state index contributed by atoms with van der Waals surface area (Å²) in [6, 6.07) is 11.6. The topological polar surface area (TPSA) is 52.6 Å². The van der Waals surface area contributed by atoms with Crippen molar-refractivity contribution in [3.05, 3.63) is 65.0 Å². The number of benzene rings is 1. The third-order valence-corrected chi connectivity index (χ3v) is 4.99. The molecule has 1 aromatic heterocycles. The molecule has 0 spiro atoms. The van der Waals surface area contributed by atoms with Gasteiger partial charge in [0.1, 0.15) is 0 Å². The predicted molar refractivity (Wildman–Crippen MR) is 112 cm³/mol. The summed E-state index contributed by atoms with van der Waals surface area (Å²) in [5, 5.41) is 6.73. The van der Waals surface area contributed by atoms with Gasteiger partial charge in [0, 0.05) is 37.9 Å². The molecular weight excluding hydrogens is 391 g/mol. The van der Waals surface area contributed by atoms with Gasteiger partial charge in [-0.1, -0.05) is 18.2 Å². The Balaban J connectivity index is 1.53. The van der Waals surface area contributed by atoms with Crippen molar-refractivity contribution < 1.29 is 13.2 Å². The Kier molecular flexibility index (Phi) is 7.31. The van der Waals surface area contributed by atoms with Crippen LogP contribution in [0.15, 0.2) is 47.5 Å². The van der Waals surface area contributed by atoms with Crippen LogP contribution < -0.4 is 10.6 Å². The molecule has 5 nitrogen and oxygen atoms in total. The molecule has 162 valence electrons. The molecule has 2 heterocycles. The van der Waals surface area contributed by atoms with Gasteiger partial charge in [0.05, 0.1) is 17.8 Å². The SMILES string of the molecule is CCNC(=NCc1cccc(C)n1)NC1CCN(Cc2ccc(C(F)(F)F)cc2)C1. The largest absolute Gasteiger partial charge is 0.416 e. The Morgan fingerprint density at radius 3 is 2.63 bits per heavy atom. The van der Waals surface area contributed by atoms with Crippen molar-refractivity contribution in [1.82, 2.24) is 20.5 Å². The summed E-state index contributed by atoms with van der Waals surface area (Å²) in [5.41, 5.74) is 2.16. The molecule has 2 aromatic rings. The highest BCUT2D eigenvalue weighted by Crippen LogP contribution is 2.29. The molecule has 1 fully saturated rings. The molecular formula is C22H28F3N5. The van der Waals surface area contributed by atoms with Crippen LogP contribution in [0, 0.1) is 6.92 Å². The van der Waals surface area contributed by atoms with E-state index >= 15 is 0 Å². The van der Waals surface area contributed by atoms with E-state index in [9.17, 15) is 13.2 Å². The maximum atomic E-state index is 12.7. The average molecular weight is 419 g/mol. The van der Waals surface area contributed by atoms with Gasteiger partial charge in [-0.05, 0) is 50.1 Å². The maximum absolute atomic E-state index is 12.7. The van der Waals surface area contributed by atoms with Crippen LogP contribution in [-0.4, -0.2) is 41.5 Å². The number of alkyl halides is 3. The average Bonchev–Trinajstić information content (AvgIpc) is 3.13. The molecule has 1 saturated heterocycles. The molecule has 8 heteroatoms. The van der Waals surface area contributed by atoms with Gasteiger partial charge in [-0.3, -0.25) is 9.88 Å². The van der Waals surface area contributed by atoms with E-state index in [2.05, 4.69) is 25.5 Å². The zero-order chi connectivity index (χ0) is 21.6. The number of aromatic nitrogens is 1. The van der Waals surface area contributed by atoms with Crippen LogP contribution in [0.2, 0.25) is 0 Å². The van der Waals surface area contributed by atoms with Crippen LogP contribution in [-0.2, 0) is 19.3 Å². The Hall–Kier alpha value is -2.61. The predicted octanol–water partition coefficient (Wildman–Crippen LogP) is 3.74. The summed E-state index contributed by atoms with van der Waals surface area (Å²) in [7, 11) is 0. The van der Waals surface area contributed by atoms with Gasteiger partial charge in [0.2, 0.25) is 0 Å². The van der Waals surface area contributed by atoms with Crippen molar-refractivity contribution in [2.75, 3.05) is 19.6 Å². The third kappa shape index (κ3) is 6.45. The van der Waals surface area contributed by atoms with Crippen LogP contribution in [0.5, 0.6) is 0 Å². The van der Waals surface area contributed by atoms with Gasteiger partial charge < -0.3 is 10.6 Å². The molecule has 1 aromatic carbocycles. The third-order valence-electron chi connectivity index (χ3n) is 4.99. The molecule has 1 aliphatic heterocycles. The molecule has 0 radical (unpaired) electrons. The summed E-state index contributed by atoms with van der Waals surface area (Å²) >= 11 is 0. The van der Waals surface area contributed by atoms with Crippen LogP contribution in [0.4, 0.5) is 13.2 Å². The first-order valence-corrected chi connectivity index (χ1v) is 10.2. The van der Waals surface area contributed by atoms with E-state index in [1.807, 2.05) is 32.0 Å². The van der Waals surface area contributed by atoms with Crippen LogP contribution in [0.25, 0.3) is 0 Å². The number of nitrogens with one attached hydrogen (secondary N) is 2. The number of nitrogens with zero attached hydrogens (tertiary/aromatic N) is 3. The minimum absolute atomic E-state index is 0.239. The highest BCUT2D eigenvalue weighted by molar-refractivity contribution is 5.80. The molecule has 0 saturated carbocycles. The van der Waals surface area contributed by atoms with Gasteiger partial charge >= 0.3 is 6.18 Å². The number of likely N-dealkylation sites (tertiary alicyclic amines) is 1.